The third-order valence-electron chi connectivity index (χ3n) is 4.13. The Hall–Kier alpha value is -1.35. The van der Waals surface area contributed by atoms with Crippen molar-refractivity contribution in [2.75, 3.05) is 13.7 Å². The summed E-state index contributed by atoms with van der Waals surface area (Å²) in [7, 11) is 1.71. The van der Waals surface area contributed by atoms with Crippen LogP contribution in [-0.4, -0.2) is 24.7 Å². The molecule has 18 heavy (non-hydrogen) atoms. The average Bonchev–Trinajstić information content (AvgIpc) is 2.83. The number of hydrogen-bond acceptors (Lipinski definition) is 3. The summed E-state index contributed by atoms with van der Waals surface area (Å²) in [4.78, 5) is 4.43. The highest BCUT2D eigenvalue weighted by atomic mass is 16.5. The van der Waals surface area contributed by atoms with E-state index in [1.807, 2.05) is 13.1 Å². The van der Waals surface area contributed by atoms with Crippen LogP contribution in [0.2, 0.25) is 0 Å². The van der Waals surface area contributed by atoms with Gasteiger partial charge < -0.3 is 10.1 Å². The Labute approximate surface area is 108 Å². The lowest BCUT2D eigenvalue weighted by atomic mass is 9.92. The van der Waals surface area contributed by atoms with Crippen molar-refractivity contribution in [2.24, 2.45) is 5.92 Å². The summed E-state index contributed by atoms with van der Waals surface area (Å²) < 4.78 is 5.36. The van der Waals surface area contributed by atoms with E-state index in [4.69, 9.17) is 4.74 Å². The lowest BCUT2D eigenvalue weighted by molar-refractivity contribution is 0.341. The SMILES string of the molecule is COc1cc(C2=CC3NCCCC3C2)cnc1C. The van der Waals surface area contributed by atoms with Crippen molar-refractivity contribution < 1.29 is 4.74 Å². The minimum atomic E-state index is 0.570. The van der Waals surface area contributed by atoms with Gasteiger partial charge in [-0.25, -0.2) is 0 Å². The zero-order valence-electron chi connectivity index (χ0n) is 11.1. The van der Waals surface area contributed by atoms with Crippen molar-refractivity contribution in [3.05, 3.63) is 29.6 Å². The van der Waals surface area contributed by atoms with Gasteiger partial charge in [0.05, 0.1) is 12.8 Å². The maximum atomic E-state index is 5.36. The van der Waals surface area contributed by atoms with Gasteiger partial charge in [0, 0.05) is 12.2 Å². The number of ether oxygens (including phenoxy) is 1. The summed E-state index contributed by atoms with van der Waals surface area (Å²) >= 11 is 0. The highest BCUT2D eigenvalue weighted by Crippen LogP contribution is 2.37. The molecule has 1 aromatic heterocycles. The summed E-state index contributed by atoms with van der Waals surface area (Å²) in [5.74, 6) is 1.66. The molecule has 3 rings (SSSR count). The minimum Gasteiger partial charge on any atom is -0.495 e. The summed E-state index contributed by atoms with van der Waals surface area (Å²) in [6, 6.07) is 2.69. The Balaban J connectivity index is 1.87. The Morgan fingerprint density at radius 3 is 3.11 bits per heavy atom. The number of aryl methyl sites for hydroxylation is 1. The fourth-order valence-corrected chi connectivity index (χ4v) is 3.08. The Kier molecular flexibility index (Phi) is 3.08. The summed E-state index contributed by atoms with van der Waals surface area (Å²) in [5, 5.41) is 3.59. The Morgan fingerprint density at radius 2 is 2.33 bits per heavy atom. The molecule has 0 bridgehead atoms. The van der Waals surface area contributed by atoms with Gasteiger partial charge in [-0.2, -0.15) is 0 Å². The van der Waals surface area contributed by atoms with Crippen molar-refractivity contribution in [3.8, 4) is 5.75 Å². The lowest BCUT2D eigenvalue weighted by Crippen LogP contribution is -2.37. The summed E-state index contributed by atoms with van der Waals surface area (Å²) in [6.07, 6.45) is 8.17. The van der Waals surface area contributed by atoms with Crippen LogP contribution in [0, 0.1) is 12.8 Å². The van der Waals surface area contributed by atoms with E-state index in [0.29, 0.717) is 6.04 Å². The lowest BCUT2D eigenvalue weighted by Gasteiger charge is -2.25. The predicted octanol–water partition coefficient (Wildman–Crippen LogP) is 2.55. The molecule has 0 radical (unpaired) electrons. The molecule has 0 spiro atoms. The monoisotopic (exact) mass is 244 g/mol. The quantitative estimate of drug-likeness (QED) is 0.868. The first-order valence-electron chi connectivity index (χ1n) is 6.73. The highest BCUT2D eigenvalue weighted by Gasteiger charge is 2.30. The van der Waals surface area contributed by atoms with E-state index < -0.39 is 0 Å². The molecule has 0 saturated carbocycles. The van der Waals surface area contributed by atoms with Gasteiger partial charge in [-0.1, -0.05) is 6.08 Å². The molecule has 3 nitrogen and oxygen atoms in total. The number of nitrogens with one attached hydrogen (secondary N) is 1. The third-order valence-corrected chi connectivity index (χ3v) is 4.13. The second kappa shape index (κ2) is 4.73. The zero-order valence-corrected chi connectivity index (χ0v) is 11.1. The second-order valence-corrected chi connectivity index (χ2v) is 5.29. The molecule has 3 heteroatoms. The van der Waals surface area contributed by atoms with Gasteiger partial charge in [0.15, 0.2) is 0 Å². The van der Waals surface area contributed by atoms with Crippen LogP contribution in [0.5, 0.6) is 5.75 Å². The van der Waals surface area contributed by atoms with Crippen LogP contribution in [0.3, 0.4) is 0 Å². The van der Waals surface area contributed by atoms with E-state index in [-0.39, 0.29) is 0 Å². The number of methoxy groups -OCH3 is 1. The van der Waals surface area contributed by atoms with Crippen LogP contribution < -0.4 is 10.1 Å². The number of hydrogen-bond donors (Lipinski definition) is 1. The average molecular weight is 244 g/mol. The first kappa shape index (κ1) is 11.7. The molecule has 1 saturated heterocycles. The Bertz CT molecular complexity index is 481. The van der Waals surface area contributed by atoms with Crippen LogP contribution in [0.4, 0.5) is 0 Å². The van der Waals surface area contributed by atoms with Crippen LogP contribution in [0.15, 0.2) is 18.3 Å². The number of fused-ring (bicyclic) bond motifs is 1. The van der Waals surface area contributed by atoms with Crippen LogP contribution in [0.25, 0.3) is 5.57 Å². The van der Waals surface area contributed by atoms with E-state index in [0.717, 1.165) is 23.9 Å². The van der Waals surface area contributed by atoms with E-state index in [1.54, 1.807) is 7.11 Å². The zero-order chi connectivity index (χ0) is 12.5. The smallest absolute Gasteiger partial charge is 0.140 e. The van der Waals surface area contributed by atoms with Gasteiger partial charge in [-0.15, -0.1) is 0 Å². The van der Waals surface area contributed by atoms with Gasteiger partial charge >= 0.3 is 0 Å². The van der Waals surface area contributed by atoms with Crippen molar-refractivity contribution in [1.29, 1.82) is 0 Å². The number of allylic oxidation sites excluding steroid dienone is 1. The van der Waals surface area contributed by atoms with E-state index >= 15 is 0 Å². The van der Waals surface area contributed by atoms with E-state index in [9.17, 15) is 0 Å². The van der Waals surface area contributed by atoms with Crippen molar-refractivity contribution in [1.82, 2.24) is 10.3 Å². The number of piperidine rings is 1. The molecule has 2 atom stereocenters. The minimum absolute atomic E-state index is 0.570. The second-order valence-electron chi connectivity index (χ2n) is 5.29. The molecule has 96 valence electrons. The molecular formula is C15H20N2O. The standard InChI is InChI=1S/C15H20N2O/c1-10-15(18-2)8-13(9-17-10)12-6-11-4-3-5-16-14(11)7-12/h7-9,11,14,16H,3-6H2,1-2H3. The molecule has 2 aliphatic rings. The van der Waals surface area contributed by atoms with Crippen molar-refractivity contribution in [3.63, 3.8) is 0 Å². The number of rotatable bonds is 2. The van der Waals surface area contributed by atoms with Crippen molar-refractivity contribution >= 4 is 5.57 Å². The fraction of sp³-hybridized carbons (Fsp3) is 0.533. The van der Waals surface area contributed by atoms with Gasteiger partial charge in [0.1, 0.15) is 5.75 Å². The first-order chi connectivity index (χ1) is 8.78. The maximum Gasteiger partial charge on any atom is 0.140 e. The molecule has 0 amide bonds. The van der Waals surface area contributed by atoms with Crippen molar-refractivity contribution in [2.45, 2.75) is 32.2 Å². The molecule has 1 aliphatic carbocycles. The topological polar surface area (TPSA) is 34.1 Å². The molecule has 1 N–H and O–H groups in total. The number of nitrogens with zero attached hydrogens (tertiary/aromatic N) is 1. The molecule has 2 heterocycles. The van der Waals surface area contributed by atoms with Gasteiger partial charge in [-0.3, -0.25) is 4.98 Å². The molecule has 2 unspecified atom stereocenters. The summed E-state index contributed by atoms with van der Waals surface area (Å²) in [5.41, 5.74) is 3.59. The van der Waals surface area contributed by atoms with Crippen LogP contribution in [0.1, 0.15) is 30.5 Å². The normalized spacial score (nSPS) is 26.7. The number of pyridine rings is 1. The first-order valence-corrected chi connectivity index (χ1v) is 6.73. The molecule has 0 aromatic carbocycles. The largest absolute Gasteiger partial charge is 0.495 e. The molecular weight excluding hydrogens is 224 g/mol. The van der Waals surface area contributed by atoms with E-state index in [2.05, 4.69) is 22.4 Å². The maximum absolute atomic E-state index is 5.36. The number of aromatic nitrogens is 1. The summed E-state index contributed by atoms with van der Waals surface area (Å²) in [6.45, 7) is 3.13. The van der Waals surface area contributed by atoms with Crippen LogP contribution >= 0.6 is 0 Å². The third kappa shape index (κ3) is 2.03. The van der Waals surface area contributed by atoms with E-state index in [1.165, 1.54) is 30.4 Å². The fourth-order valence-electron chi connectivity index (χ4n) is 3.08. The van der Waals surface area contributed by atoms with Gasteiger partial charge in [-0.05, 0) is 55.9 Å². The van der Waals surface area contributed by atoms with Crippen LogP contribution in [-0.2, 0) is 0 Å². The molecule has 1 aromatic rings. The predicted molar refractivity (Wildman–Crippen MR) is 72.6 cm³/mol. The molecule has 1 aliphatic heterocycles. The Morgan fingerprint density at radius 1 is 1.44 bits per heavy atom. The molecule has 1 fully saturated rings. The van der Waals surface area contributed by atoms with Gasteiger partial charge in [0.25, 0.3) is 0 Å². The van der Waals surface area contributed by atoms with Gasteiger partial charge in [0.2, 0.25) is 0 Å². The highest BCUT2D eigenvalue weighted by molar-refractivity contribution is 5.69.